The van der Waals surface area contributed by atoms with Gasteiger partial charge in [-0.3, -0.25) is 9.69 Å². The molecule has 0 aliphatic carbocycles. The molecular formula is C11H21F3N2O2. The summed E-state index contributed by atoms with van der Waals surface area (Å²) < 4.78 is 42.5. The van der Waals surface area contributed by atoms with E-state index in [0.29, 0.717) is 13.0 Å². The molecule has 0 heterocycles. The van der Waals surface area contributed by atoms with E-state index < -0.39 is 24.6 Å². The van der Waals surface area contributed by atoms with E-state index in [1.54, 1.807) is 6.92 Å². The first-order valence-electron chi connectivity index (χ1n) is 5.99. The third-order valence-corrected chi connectivity index (χ3v) is 2.42. The van der Waals surface area contributed by atoms with Crippen LogP contribution in [0.15, 0.2) is 0 Å². The Labute approximate surface area is 105 Å². The quantitative estimate of drug-likeness (QED) is 0.677. The molecule has 0 saturated carbocycles. The largest absolute Gasteiger partial charge is 0.465 e. The lowest BCUT2D eigenvalue weighted by Crippen LogP contribution is -2.43. The van der Waals surface area contributed by atoms with Gasteiger partial charge in [0, 0.05) is 13.1 Å². The predicted molar refractivity (Wildman–Crippen MR) is 62.0 cm³/mol. The van der Waals surface area contributed by atoms with Crippen LogP contribution in [0.2, 0.25) is 0 Å². The van der Waals surface area contributed by atoms with Crippen molar-refractivity contribution in [3.05, 3.63) is 0 Å². The molecule has 0 aromatic rings. The number of alkyl halides is 3. The van der Waals surface area contributed by atoms with Crippen LogP contribution in [-0.4, -0.2) is 49.8 Å². The van der Waals surface area contributed by atoms with E-state index in [-0.39, 0.29) is 19.7 Å². The number of hydrogen-bond donors (Lipinski definition) is 1. The van der Waals surface area contributed by atoms with Crippen LogP contribution in [0.25, 0.3) is 0 Å². The summed E-state index contributed by atoms with van der Waals surface area (Å²) in [6, 6.07) is 0. The van der Waals surface area contributed by atoms with E-state index in [4.69, 9.17) is 10.5 Å². The molecular weight excluding hydrogens is 249 g/mol. The summed E-state index contributed by atoms with van der Waals surface area (Å²) >= 11 is 0. The highest BCUT2D eigenvalue weighted by Crippen LogP contribution is 2.26. The number of esters is 1. The molecule has 0 aliphatic heterocycles. The van der Waals surface area contributed by atoms with Gasteiger partial charge in [0.1, 0.15) is 0 Å². The number of ether oxygens (including phenoxy) is 1. The fourth-order valence-electron chi connectivity index (χ4n) is 1.56. The first kappa shape index (κ1) is 17.2. The molecule has 0 rings (SSSR count). The van der Waals surface area contributed by atoms with E-state index >= 15 is 0 Å². The van der Waals surface area contributed by atoms with Crippen molar-refractivity contribution < 1.29 is 22.7 Å². The van der Waals surface area contributed by atoms with Gasteiger partial charge < -0.3 is 10.5 Å². The van der Waals surface area contributed by atoms with Crippen LogP contribution in [0.1, 0.15) is 20.3 Å². The van der Waals surface area contributed by atoms with Crippen LogP contribution in [-0.2, 0) is 9.53 Å². The predicted octanol–water partition coefficient (Wildman–Crippen LogP) is 1.40. The van der Waals surface area contributed by atoms with Gasteiger partial charge in [0.25, 0.3) is 0 Å². The Morgan fingerprint density at radius 3 is 2.39 bits per heavy atom. The van der Waals surface area contributed by atoms with Crippen LogP contribution < -0.4 is 5.73 Å². The number of nitrogens with two attached hydrogens (primary N) is 1. The van der Waals surface area contributed by atoms with Crippen LogP contribution in [0.3, 0.4) is 0 Å². The fraction of sp³-hybridized carbons (Fsp3) is 0.909. The van der Waals surface area contributed by atoms with Crippen LogP contribution in [0.4, 0.5) is 13.2 Å². The van der Waals surface area contributed by atoms with Crippen molar-refractivity contribution in [3.8, 4) is 0 Å². The Bertz CT molecular complexity index is 247. The highest BCUT2D eigenvalue weighted by Gasteiger charge is 2.39. The van der Waals surface area contributed by atoms with Gasteiger partial charge in [-0.05, 0) is 19.9 Å². The highest BCUT2D eigenvalue weighted by atomic mass is 19.4. The summed E-state index contributed by atoms with van der Waals surface area (Å²) in [6.45, 7) is 3.24. The summed E-state index contributed by atoms with van der Waals surface area (Å²) in [4.78, 5) is 12.7. The summed E-state index contributed by atoms with van der Waals surface area (Å²) in [5.74, 6) is -2.12. The smallest absolute Gasteiger partial charge is 0.394 e. The zero-order chi connectivity index (χ0) is 14.2. The minimum absolute atomic E-state index is 0.131. The molecule has 18 heavy (non-hydrogen) atoms. The lowest BCUT2D eigenvalue weighted by Gasteiger charge is -2.27. The van der Waals surface area contributed by atoms with Crippen LogP contribution >= 0.6 is 0 Å². The second kappa shape index (κ2) is 8.31. The maximum Gasteiger partial charge on any atom is 0.394 e. The molecule has 0 aliphatic rings. The molecule has 1 atom stereocenters. The van der Waals surface area contributed by atoms with Crippen molar-refractivity contribution in [1.82, 2.24) is 4.90 Å². The summed E-state index contributed by atoms with van der Waals surface area (Å²) in [6.07, 6.45) is -3.68. The zero-order valence-corrected chi connectivity index (χ0v) is 10.8. The molecule has 2 N–H and O–H groups in total. The average Bonchev–Trinajstić information content (AvgIpc) is 2.24. The van der Waals surface area contributed by atoms with E-state index in [1.807, 2.05) is 6.92 Å². The maximum absolute atomic E-state index is 12.6. The topological polar surface area (TPSA) is 55.6 Å². The van der Waals surface area contributed by atoms with Gasteiger partial charge in [0.15, 0.2) is 0 Å². The summed E-state index contributed by atoms with van der Waals surface area (Å²) in [7, 11) is 0. The average molecular weight is 270 g/mol. The first-order chi connectivity index (χ1) is 8.35. The molecule has 0 fully saturated rings. The first-order valence-corrected chi connectivity index (χ1v) is 5.99. The Balaban J connectivity index is 4.45. The van der Waals surface area contributed by atoms with Crippen molar-refractivity contribution in [1.29, 1.82) is 0 Å². The van der Waals surface area contributed by atoms with Gasteiger partial charge in [-0.15, -0.1) is 0 Å². The lowest BCUT2D eigenvalue weighted by atomic mass is 10.1. The third-order valence-electron chi connectivity index (χ3n) is 2.42. The molecule has 0 saturated heterocycles. The Kier molecular flexibility index (Phi) is 7.93. The van der Waals surface area contributed by atoms with Gasteiger partial charge >= 0.3 is 12.1 Å². The van der Waals surface area contributed by atoms with Crippen molar-refractivity contribution in [3.63, 3.8) is 0 Å². The van der Waals surface area contributed by atoms with Gasteiger partial charge in [-0.25, -0.2) is 0 Å². The normalized spacial score (nSPS) is 13.7. The van der Waals surface area contributed by atoms with Crippen molar-refractivity contribution in [2.24, 2.45) is 11.7 Å². The summed E-state index contributed by atoms with van der Waals surface area (Å²) in [5.41, 5.74) is 5.13. The number of nitrogens with zero attached hydrogens (tertiary/aromatic N) is 1. The van der Waals surface area contributed by atoms with Gasteiger partial charge in [0.05, 0.1) is 19.1 Å². The SMILES string of the molecule is CCCN(CC(=O)OCC)CC(CN)C(F)(F)F. The summed E-state index contributed by atoms with van der Waals surface area (Å²) in [5, 5.41) is 0. The van der Waals surface area contributed by atoms with E-state index in [2.05, 4.69) is 0 Å². The molecule has 0 aromatic heterocycles. The highest BCUT2D eigenvalue weighted by molar-refractivity contribution is 5.71. The number of carbonyl (C=O) groups is 1. The fourth-order valence-corrected chi connectivity index (χ4v) is 1.56. The lowest BCUT2D eigenvalue weighted by molar-refractivity contribution is -0.177. The monoisotopic (exact) mass is 270 g/mol. The molecule has 0 amide bonds. The standard InChI is InChI=1S/C11H21F3N2O2/c1-3-5-16(8-10(17)18-4-2)7-9(6-15)11(12,13)14/h9H,3-8,15H2,1-2H3. The minimum Gasteiger partial charge on any atom is -0.465 e. The van der Waals surface area contributed by atoms with Crippen molar-refractivity contribution >= 4 is 5.97 Å². The van der Waals surface area contributed by atoms with E-state index in [9.17, 15) is 18.0 Å². The second-order valence-electron chi connectivity index (χ2n) is 4.01. The Morgan fingerprint density at radius 2 is 2.00 bits per heavy atom. The molecule has 4 nitrogen and oxygen atoms in total. The molecule has 0 spiro atoms. The van der Waals surface area contributed by atoms with E-state index in [0.717, 1.165) is 0 Å². The Hall–Kier alpha value is -0.820. The maximum atomic E-state index is 12.6. The van der Waals surface area contributed by atoms with E-state index in [1.165, 1.54) is 4.90 Å². The van der Waals surface area contributed by atoms with Gasteiger partial charge in [-0.1, -0.05) is 6.92 Å². The van der Waals surface area contributed by atoms with Crippen LogP contribution in [0, 0.1) is 5.92 Å². The zero-order valence-electron chi connectivity index (χ0n) is 10.8. The molecule has 0 radical (unpaired) electrons. The number of carbonyl (C=O) groups excluding carboxylic acids is 1. The third kappa shape index (κ3) is 6.80. The molecule has 7 heteroatoms. The number of hydrogen-bond acceptors (Lipinski definition) is 4. The second-order valence-corrected chi connectivity index (χ2v) is 4.01. The minimum atomic E-state index is -4.34. The Morgan fingerprint density at radius 1 is 1.39 bits per heavy atom. The number of rotatable bonds is 8. The molecule has 108 valence electrons. The van der Waals surface area contributed by atoms with Crippen LogP contribution in [0.5, 0.6) is 0 Å². The van der Waals surface area contributed by atoms with Gasteiger partial charge in [-0.2, -0.15) is 13.2 Å². The van der Waals surface area contributed by atoms with Crippen molar-refractivity contribution in [2.75, 3.05) is 32.8 Å². The van der Waals surface area contributed by atoms with Crippen molar-refractivity contribution in [2.45, 2.75) is 26.4 Å². The molecule has 0 aromatic carbocycles. The number of halogens is 3. The molecule has 0 bridgehead atoms. The molecule has 1 unspecified atom stereocenters. The van der Waals surface area contributed by atoms with Gasteiger partial charge in [0.2, 0.25) is 0 Å².